The van der Waals surface area contributed by atoms with Crippen molar-refractivity contribution in [3.63, 3.8) is 0 Å². The van der Waals surface area contributed by atoms with Crippen LogP contribution in [0.1, 0.15) is 23.5 Å². The van der Waals surface area contributed by atoms with Crippen molar-refractivity contribution >= 4 is 32.4 Å². The second kappa shape index (κ2) is 6.53. The first-order valence-electron chi connectivity index (χ1n) is 7.55. The number of carbonyl (C=O) groups excluding carboxylic acids is 1. The Labute approximate surface area is 149 Å². The molecule has 3 heterocycles. The highest BCUT2D eigenvalue weighted by molar-refractivity contribution is 7.90. The molecular weight excluding hydrogens is 370 g/mol. The minimum Gasteiger partial charge on any atom is -0.412 e. The summed E-state index contributed by atoms with van der Waals surface area (Å²) in [6, 6.07) is 0. The average molecular weight is 389 g/mol. The molecule has 0 aliphatic carbocycles. The largest absolute Gasteiger partial charge is 0.412 e. The molecule has 138 valence electrons. The zero-order valence-corrected chi connectivity index (χ0v) is 15.4. The van der Waals surface area contributed by atoms with Gasteiger partial charge in [-0.3, -0.25) is 10.0 Å². The summed E-state index contributed by atoms with van der Waals surface area (Å²) in [5, 5.41) is 9.26. The van der Waals surface area contributed by atoms with Gasteiger partial charge < -0.3 is 9.74 Å². The number of nitrogens with one attached hydrogen (secondary N) is 2. The summed E-state index contributed by atoms with van der Waals surface area (Å²) < 4.78 is 27.1. The van der Waals surface area contributed by atoms with Crippen LogP contribution in [-0.2, 0) is 14.9 Å². The van der Waals surface area contributed by atoms with Gasteiger partial charge in [0.2, 0.25) is 10.0 Å². The molecule has 1 aromatic rings. The molecule has 1 unspecified atom stereocenters. The predicted octanol–water partition coefficient (Wildman–Crippen LogP) is -0.131. The third-order valence-corrected chi connectivity index (χ3v) is 7.47. The second-order valence-electron chi connectivity index (χ2n) is 5.91. The van der Waals surface area contributed by atoms with Crippen LogP contribution < -0.4 is 15.9 Å². The van der Waals surface area contributed by atoms with Gasteiger partial charge in [0, 0.05) is 26.2 Å². The monoisotopic (exact) mass is 389 g/mol. The Bertz CT molecular complexity index is 799. The topological polar surface area (TPSA) is 124 Å². The predicted molar refractivity (Wildman–Crippen MR) is 90.5 cm³/mol. The van der Waals surface area contributed by atoms with Crippen LogP contribution >= 0.6 is 11.3 Å². The Kier molecular flexibility index (Phi) is 4.72. The maximum Gasteiger partial charge on any atom is 0.286 e. The fourth-order valence-electron chi connectivity index (χ4n) is 2.71. The molecule has 0 bridgehead atoms. The third kappa shape index (κ3) is 3.22. The van der Waals surface area contributed by atoms with Gasteiger partial charge >= 0.3 is 0 Å². The van der Waals surface area contributed by atoms with Crippen molar-refractivity contribution in [3.8, 4) is 0 Å². The number of hydrogen-bond donors (Lipinski definition) is 3. The lowest BCUT2D eigenvalue weighted by molar-refractivity contribution is 0.0710. The van der Waals surface area contributed by atoms with E-state index in [0.717, 1.165) is 11.3 Å². The van der Waals surface area contributed by atoms with Gasteiger partial charge in [0.15, 0.2) is 10.0 Å². The standard InChI is InChI=1S/C13H19N5O5S2/c1-9-7-13(2,16-23-9)25(21,22)18-5-3-17(4-6-18)12-14-8-10(24-12)11(19)15-20/h7-8,16,20H,3-6H2,1-2H3,(H,15,19). The Hall–Kier alpha value is -1.73. The van der Waals surface area contributed by atoms with Gasteiger partial charge in [-0.1, -0.05) is 11.3 Å². The molecule has 0 radical (unpaired) electrons. The van der Waals surface area contributed by atoms with Crippen LogP contribution in [0.4, 0.5) is 5.13 Å². The van der Waals surface area contributed by atoms with E-state index in [9.17, 15) is 13.2 Å². The number of carbonyl (C=O) groups is 1. The molecule has 3 rings (SSSR count). The van der Waals surface area contributed by atoms with Crippen molar-refractivity contribution in [3.05, 3.63) is 22.9 Å². The smallest absolute Gasteiger partial charge is 0.286 e. The lowest BCUT2D eigenvalue weighted by Gasteiger charge is -2.37. The van der Waals surface area contributed by atoms with E-state index in [-0.39, 0.29) is 4.88 Å². The summed E-state index contributed by atoms with van der Waals surface area (Å²) in [6.45, 7) is 4.75. The molecule has 2 aliphatic heterocycles. The van der Waals surface area contributed by atoms with Crippen LogP contribution in [0.2, 0.25) is 0 Å². The highest BCUT2D eigenvalue weighted by Crippen LogP contribution is 2.29. The van der Waals surface area contributed by atoms with E-state index in [1.54, 1.807) is 25.4 Å². The maximum atomic E-state index is 12.9. The van der Waals surface area contributed by atoms with Crippen LogP contribution in [0.5, 0.6) is 0 Å². The van der Waals surface area contributed by atoms with Crippen molar-refractivity contribution in [1.82, 2.24) is 20.2 Å². The molecule has 1 amide bonds. The van der Waals surface area contributed by atoms with Gasteiger partial charge in [-0.05, 0) is 19.9 Å². The van der Waals surface area contributed by atoms with Crippen LogP contribution in [0.15, 0.2) is 18.0 Å². The first kappa shape index (κ1) is 18.1. The maximum absolute atomic E-state index is 12.9. The number of anilines is 1. The normalized spacial score (nSPS) is 24.8. The molecule has 0 spiro atoms. The number of amides is 1. The number of thiazole rings is 1. The second-order valence-corrected chi connectivity index (χ2v) is 9.23. The van der Waals surface area contributed by atoms with Gasteiger partial charge in [0.25, 0.3) is 5.91 Å². The van der Waals surface area contributed by atoms with Crippen molar-refractivity contribution in [2.24, 2.45) is 0 Å². The van der Waals surface area contributed by atoms with E-state index in [4.69, 9.17) is 10.0 Å². The quantitative estimate of drug-likeness (QED) is 0.480. The van der Waals surface area contributed by atoms with E-state index in [1.807, 2.05) is 4.90 Å². The van der Waals surface area contributed by atoms with Crippen LogP contribution in [-0.4, -0.2) is 59.9 Å². The van der Waals surface area contributed by atoms with Gasteiger partial charge in [-0.2, -0.15) is 4.31 Å². The summed E-state index contributed by atoms with van der Waals surface area (Å²) >= 11 is 1.14. The number of sulfonamides is 1. The Morgan fingerprint density at radius 1 is 1.44 bits per heavy atom. The molecule has 25 heavy (non-hydrogen) atoms. The summed E-state index contributed by atoms with van der Waals surface area (Å²) in [6.07, 6.45) is 2.93. The first-order valence-corrected chi connectivity index (χ1v) is 9.81. The SMILES string of the molecule is CC1=CC(C)(S(=O)(=O)N2CCN(c3ncc(C(=O)NO)s3)CC2)NO1. The van der Waals surface area contributed by atoms with Crippen LogP contribution in [0, 0.1) is 0 Å². The number of hydrogen-bond acceptors (Lipinski definition) is 9. The van der Waals surface area contributed by atoms with E-state index >= 15 is 0 Å². The fraction of sp³-hybridized carbons (Fsp3) is 0.538. The molecule has 12 heteroatoms. The molecule has 1 saturated heterocycles. The van der Waals surface area contributed by atoms with Gasteiger partial charge in [0.1, 0.15) is 10.6 Å². The van der Waals surface area contributed by atoms with Gasteiger partial charge in [0.05, 0.1) is 6.20 Å². The molecule has 1 aromatic heterocycles. The van der Waals surface area contributed by atoms with Crippen molar-refractivity contribution in [2.45, 2.75) is 18.7 Å². The Morgan fingerprint density at radius 3 is 2.68 bits per heavy atom. The Morgan fingerprint density at radius 2 is 2.12 bits per heavy atom. The van der Waals surface area contributed by atoms with Crippen LogP contribution in [0.3, 0.4) is 0 Å². The summed E-state index contributed by atoms with van der Waals surface area (Å²) in [5.41, 5.74) is 4.14. The fourth-order valence-corrected chi connectivity index (χ4v) is 5.21. The average Bonchev–Trinajstić information content (AvgIpc) is 3.22. The zero-order chi connectivity index (χ0) is 18.2. The molecule has 2 aliphatic rings. The molecule has 10 nitrogen and oxygen atoms in total. The lowest BCUT2D eigenvalue weighted by Crippen LogP contribution is -2.57. The number of aromatic nitrogens is 1. The van der Waals surface area contributed by atoms with Gasteiger partial charge in [-0.15, -0.1) is 5.48 Å². The number of hydroxylamine groups is 2. The van der Waals surface area contributed by atoms with E-state index in [0.29, 0.717) is 37.1 Å². The highest BCUT2D eigenvalue weighted by atomic mass is 32.2. The molecule has 1 fully saturated rings. The molecule has 3 N–H and O–H groups in total. The first-order chi connectivity index (χ1) is 11.8. The minimum absolute atomic E-state index is 0.285. The molecular formula is C13H19N5O5S2. The van der Waals surface area contributed by atoms with Crippen molar-refractivity contribution in [1.29, 1.82) is 0 Å². The minimum atomic E-state index is -3.63. The van der Waals surface area contributed by atoms with E-state index < -0.39 is 20.8 Å². The molecule has 0 aromatic carbocycles. The van der Waals surface area contributed by atoms with Crippen molar-refractivity contribution in [2.75, 3.05) is 31.1 Å². The van der Waals surface area contributed by atoms with E-state index in [1.165, 1.54) is 10.5 Å². The number of rotatable bonds is 4. The zero-order valence-electron chi connectivity index (χ0n) is 13.7. The van der Waals surface area contributed by atoms with E-state index in [2.05, 4.69) is 10.5 Å². The number of allylic oxidation sites excluding steroid dienone is 1. The summed E-state index contributed by atoms with van der Waals surface area (Å²) in [4.78, 5) is 21.6. The van der Waals surface area contributed by atoms with Crippen LogP contribution in [0.25, 0.3) is 0 Å². The highest BCUT2D eigenvalue weighted by Gasteiger charge is 2.46. The lowest BCUT2D eigenvalue weighted by atomic mass is 10.3. The van der Waals surface area contributed by atoms with Crippen molar-refractivity contribution < 1.29 is 23.3 Å². The number of nitrogens with zero attached hydrogens (tertiary/aromatic N) is 3. The summed E-state index contributed by atoms with van der Waals surface area (Å²) in [5.74, 6) is -0.102. The number of piperazine rings is 1. The summed E-state index contributed by atoms with van der Waals surface area (Å²) in [7, 11) is -3.63. The van der Waals surface area contributed by atoms with Gasteiger partial charge in [-0.25, -0.2) is 18.9 Å². The molecule has 1 atom stereocenters. The third-order valence-electron chi connectivity index (χ3n) is 4.10. The molecule has 0 saturated carbocycles. The Balaban J connectivity index is 1.68.